The summed E-state index contributed by atoms with van der Waals surface area (Å²) in [7, 11) is 1.97. The van der Waals surface area contributed by atoms with E-state index in [1.165, 1.54) is 0 Å². The van der Waals surface area contributed by atoms with Gasteiger partial charge in [-0.25, -0.2) is 15.0 Å². The van der Waals surface area contributed by atoms with Gasteiger partial charge in [0.25, 0.3) is 0 Å². The van der Waals surface area contributed by atoms with Crippen molar-refractivity contribution < 1.29 is 0 Å². The van der Waals surface area contributed by atoms with E-state index < -0.39 is 5.41 Å². The summed E-state index contributed by atoms with van der Waals surface area (Å²) in [5, 5.41) is 10.6. The average Bonchev–Trinajstić information content (AvgIpc) is 3.74. The highest BCUT2D eigenvalue weighted by atomic mass is 15.2. The Hall–Kier alpha value is -4.63. The van der Waals surface area contributed by atoms with Crippen LogP contribution >= 0.6 is 0 Å². The molecule has 0 aliphatic heterocycles. The number of pyridine rings is 2. The van der Waals surface area contributed by atoms with Crippen LogP contribution in [-0.4, -0.2) is 27.0 Å². The summed E-state index contributed by atoms with van der Waals surface area (Å²) in [6.07, 6.45) is 7.06. The SMILES string of the molecule is CN(c1ccccn1)c1nc(-c2cncc(C3(C#N)CC3)c2)nc2cccc(-c3ccccc3)c12. The zero-order valence-corrected chi connectivity index (χ0v) is 19.3. The van der Waals surface area contributed by atoms with Crippen molar-refractivity contribution in [3.8, 4) is 28.6 Å². The van der Waals surface area contributed by atoms with Crippen molar-refractivity contribution >= 4 is 22.5 Å². The van der Waals surface area contributed by atoms with Crippen LogP contribution in [0.25, 0.3) is 33.4 Å². The van der Waals surface area contributed by atoms with Crippen LogP contribution in [0.3, 0.4) is 0 Å². The second-order valence-electron chi connectivity index (χ2n) is 8.84. The molecule has 6 heteroatoms. The number of anilines is 2. The number of aromatic nitrogens is 4. The van der Waals surface area contributed by atoms with Crippen LogP contribution in [0, 0.1) is 11.3 Å². The van der Waals surface area contributed by atoms with Gasteiger partial charge in [-0.15, -0.1) is 0 Å². The first kappa shape index (κ1) is 20.9. The zero-order valence-electron chi connectivity index (χ0n) is 19.3. The van der Waals surface area contributed by atoms with Crippen molar-refractivity contribution in [2.75, 3.05) is 11.9 Å². The number of rotatable bonds is 5. The summed E-state index contributed by atoms with van der Waals surface area (Å²) in [5.74, 6) is 2.12. The Balaban J connectivity index is 1.59. The molecule has 0 amide bonds. The lowest BCUT2D eigenvalue weighted by atomic mass is 9.98. The fourth-order valence-electron chi connectivity index (χ4n) is 4.47. The predicted molar refractivity (Wildman–Crippen MR) is 137 cm³/mol. The lowest BCUT2D eigenvalue weighted by molar-refractivity contribution is 0.897. The number of nitrogens with zero attached hydrogens (tertiary/aromatic N) is 6. The fraction of sp³-hybridized carbons (Fsp3) is 0.138. The Morgan fingerprint density at radius 2 is 1.71 bits per heavy atom. The number of benzene rings is 2. The molecular weight excluding hydrogens is 432 g/mol. The maximum atomic E-state index is 9.67. The smallest absolute Gasteiger partial charge is 0.163 e. The summed E-state index contributed by atoms with van der Waals surface area (Å²) >= 11 is 0. The molecule has 0 unspecified atom stereocenters. The summed E-state index contributed by atoms with van der Waals surface area (Å²) in [6.45, 7) is 0. The third kappa shape index (κ3) is 3.68. The number of hydrogen-bond donors (Lipinski definition) is 0. The van der Waals surface area contributed by atoms with Gasteiger partial charge in [-0.05, 0) is 53.8 Å². The van der Waals surface area contributed by atoms with Gasteiger partial charge in [0.2, 0.25) is 0 Å². The quantitative estimate of drug-likeness (QED) is 0.320. The van der Waals surface area contributed by atoms with Gasteiger partial charge in [0.05, 0.1) is 22.4 Å². The second kappa shape index (κ2) is 8.30. The van der Waals surface area contributed by atoms with Crippen LogP contribution in [0.5, 0.6) is 0 Å². The lowest BCUT2D eigenvalue weighted by Crippen LogP contribution is -2.14. The highest BCUT2D eigenvalue weighted by Crippen LogP contribution is 2.48. The van der Waals surface area contributed by atoms with Crippen LogP contribution in [-0.2, 0) is 5.41 Å². The zero-order chi connectivity index (χ0) is 23.8. The molecule has 1 fully saturated rings. The van der Waals surface area contributed by atoms with Crippen LogP contribution < -0.4 is 4.90 Å². The molecule has 2 aromatic carbocycles. The molecule has 35 heavy (non-hydrogen) atoms. The average molecular weight is 455 g/mol. The number of hydrogen-bond acceptors (Lipinski definition) is 6. The molecule has 0 atom stereocenters. The summed E-state index contributed by atoms with van der Waals surface area (Å²) in [6, 6.07) is 26.7. The van der Waals surface area contributed by atoms with Gasteiger partial charge < -0.3 is 4.90 Å². The maximum absolute atomic E-state index is 9.67. The third-order valence-corrected chi connectivity index (χ3v) is 6.61. The van der Waals surface area contributed by atoms with E-state index in [0.717, 1.165) is 57.6 Å². The van der Waals surface area contributed by atoms with Crippen LogP contribution in [0.4, 0.5) is 11.6 Å². The minimum absolute atomic E-state index is 0.423. The Bertz CT molecular complexity index is 1570. The van der Waals surface area contributed by atoms with Crippen molar-refractivity contribution in [3.05, 3.63) is 97.0 Å². The van der Waals surface area contributed by atoms with Crippen LogP contribution in [0.15, 0.2) is 91.4 Å². The van der Waals surface area contributed by atoms with Gasteiger partial charge in [0.15, 0.2) is 5.82 Å². The summed E-state index contributed by atoms with van der Waals surface area (Å²) in [5.41, 5.74) is 4.29. The Morgan fingerprint density at radius 3 is 2.46 bits per heavy atom. The molecule has 168 valence electrons. The number of nitriles is 1. The molecule has 3 heterocycles. The first-order chi connectivity index (χ1) is 17.2. The van der Waals surface area contributed by atoms with Gasteiger partial charge in [-0.1, -0.05) is 48.5 Å². The first-order valence-corrected chi connectivity index (χ1v) is 11.6. The van der Waals surface area contributed by atoms with Crippen molar-refractivity contribution in [2.24, 2.45) is 0 Å². The Labute approximate surface area is 203 Å². The molecule has 0 spiro atoms. The van der Waals surface area contributed by atoms with Crippen molar-refractivity contribution in [1.29, 1.82) is 5.26 Å². The lowest BCUT2D eigenvalue weighted by Gasteiger charge is -2.21. The molecule has 5 aromatic rings. The minimum atomic E-state index is -0.423. The van der Waals surface area contributed by atoms with Crippen molar-refractivity contribution in [3.63, 3.8) is 0 Å². The largest absolute Gasteiger partial charge is 0.314 e. The molecule has 0 N–H and O–H groups in total. The molecule has 1 aliphatic carbocycles. The predicted octanol–water partition coefficient (Wildman–Crippen LogP) is 6.08. The van der Waals surface area contributed by atoms with E-state index in [-0.39, 0.29) is 0 Å². The van der Waals surface area contributed by atoms with Gasteiger partial charge in [0.1, 0.15) is 11.6 Å². The van der Waals surface area contributed by atoms with Crippen molar-refractivity contribution in [2.45, 2.75) is 18.3 Å². The van der Waals surface area contributed by atoms with E-state index >= 15 is 0 Å². The van der Waals surface area contributed by atoms with Gasteiger partial charge in [-0.3, -0.25) is 4.98 Å². The fourth-order valence-corrected chi connectivity index (χ4v) is 4.47. The van der Waals surface area contributed by atoms with Crippen molar-refractivity contribution in [1.82, 2.24) is 19.9 Å². The van der Waals surface area contributed by atoms with Crippen LogP contribution in [0.1, 0.15) is 18.4 Å². The second-order valence-corrected chi connectivity index (χ2v) is 8.84. The highest BCUT2D eigenvalue weighted by molar-refractivity contribution is 6.03. The molecule has 6 rings (SSSR count). The molecule has 0 radical (unpaired) electrons. The minimum Gasteiger partial charge on any atom is -0.314 e. The standard InChI is InChI=1S/C29H22N6/c1-35(25-12-5-6-15-32-25)28-26-23(20-8-3-2-4-9-20)10-7-11-24(26)33-27(34-28)21-16-22(18-31-17-21)29(19-30)13-14-29/h2-12,15-18H,13-14H2,1H3. The molecule has 6 nitrogen and oxygen atoms in total. The molecular formula is C29H22N6. The summed E-state index contributed by atoms with van der Waals surface area (Å²) < 4.78 is 0. The molecule has 1 aliphatic rings. The van der Waals surface area contributed by atoms with Gasteiger partial charge >= 0.3 is 0 Å². The van der Waals surface area contributed by atoms with Gasteiger partial charge in [-0.2, -0.15) is 5.26 Å². The molecule has 0 bridgehead atoms. The van der Waals surface area contributed by atoms with E-state index in [2.05, 4.69) is 34.2 Å². The van der Waals surface area contributed by atoms with E-state index in [1.54, 1.807) is 18.6 Å². The maximum Gasteiger partial charge on any atom is 0.163 e. The van der Waals surface area contributed by atoms with E-state index in [4.69, 9.17) is 9.97 Å². The first-order valence-electron chi connectivity index (χ1n) is 11.6. The highest BCUT2D eigenvalue weighted by Gasteiger charge is 2.45. The monoisotopic (exact) mass is 454 g/mol. The third-order valence-electron chi connectivity index (χ3n) is 6.61. The summed E-state index contributed by atoms with van der Waals surface area (Å²) in [4.78, 5) is 21.0. The molecule has 1 saturated carbocycles. The Morgan fingerprint density at radius 1 is 0.886 bits per heavy atom. The Kier molecular flexibility index (Phi) is 4.97. The number of fused-ring (bicyclic) bond motifs is 1. The van der Waals surface area contributed by atoms with Crippen LogP contribution in [0.2, 0.25) is 0 Å². The van der Waals surface area contributed by atoms with E-state index in [0.29, 0.717) is 5.82 Å². The topological polar surface area (TPSA) is 78.6 Å². The normalized spacial score (nSPS) is 13.8. The molecule has 3 aromatic heterocycles. The van der Waals surface area contributed by atoms with Gasteiger partial charge in [0, 0.05) is 31.2 Å². The van der Waals surface area contributed by atoms with E-state index in [9.17, 15) is 5.26 Å². The molecule has 0 saturated heterocycles. The van der Waals surface area contributed by atoms with E-state index in [1.807, 2.05) is 66.5 Å².